The number of aryl methyl sites for hydroxylation is 1. The van der Waals surface area contributed by atoms with Gasteiger partial charge in [0.2, 0.25) is 0 Å². The highest BCUT2D eigenvalue weighted by molar-refractivity contribution is 5.20. The van der Waals surface area contributed by atoms with Crippen LogP contribution in [0.15, 0.2) is 10.5 Å². The molecule has 2 fully saturated rings. The lowest BCUT2D eigenvalue weighted by Gasteiger charge is -2.14. The number of hydrogen-bond donors (Lipinski definition) is 1. The minimum Gasteiger partial charge on any atom is -0.463 e. The van der Waals surface area contributed by atoms with Crippen LogP contribution in [0.3, 0.4) is 0 Å². The predicted molar refractivity (Wildman–Crippen MR) is 81.5 cm³/mol. The maximum absolute atomic E-state index is 6.04. The van der Waals surface area contributed by atoms with Gasteiger partial charge in [-0.15, -0.1) is 0 Å². The zero-order chi connectivity index (χ0) is 14.1. The van der Waals surface area contributed by atoms with E-state index in [-0.39, 0.29) is 0 Å². The fourth-order valence-electron chi connectivity index (χ4n) is 3.82. The Morgan fingerprint density at radius 3 is 2.65 bits per heavy atom. The Labute approximate surface area is 122 Å². The number of hydrogen-bond acceptors (Lipinski definition) is 3. The molecule has 1 saturated carbocycles. The molecule has 1 saturated heterocycles. The molecule has 3 rings (SSSR count). The van der Waals surface area contributed by atoms with Crippen LogP contribution in [-0.2, 0) is 13.1 Å². The molecule has 1 aromatic heterocycles. The van der Waals surface area contributed by atoms with E-state index in [1.807, 2.05) is 0 Å². The van der Waals surface area contributed by atoms with Crippen LogP contribution in [0.25, 0.3) is 0 Å². The van der Waals surface area contributed by atoms with Crippen molar-refractivity contribution >= 4 is 0 Å². The molecule has 0 radical (unpaired) electrons. The lowest BCUT2D eigenvalue weighted by molar-refractivity contribution is 0.271. The smallest absolute Gasteiger partial charge is 0.120 e. The number of likely N-dealkylation sites (tertiary alicyclic amines) is 1. The van der Waals surface area contributed by atoms with Gasteiger partial charge in [0.25, 0.3) is 0 Å². The third-order valence-corrected chi connectivity index (χ3v) is 4.92. The van der Waals surface area contributed by atoms with E-state index in [1.54, 1.807) is 0 Å². The summed E-state index contributed by atoms with van der Waals surface area (Å²) in [5, 5.41) is 3.43. The highest BCUT2D eigenvalue weighted by atomic mass is 16.3. The number of nitrogens with one attached hydrogen (secondary N) is 1. The van der Waals surface area contributed by atoms with Gasteiger partial charge in [-0.25, -0.2) is 0 Å². The van der Waals surface area contributed by atoms with Crippen LogP contribution in [0, 0.1) is 18.8 Å². The fraction of sp³-hybridized carbons (Fsp3) is 0.765. The van der Waals surface area contributed by atoms with E-state index in [2.05, 4.69) is 37.1 Å². The number of nitrogens with zero attached hydrogens (tertiary/aromatic N) is 1. The summed E-state index contributed by atoms with van der Waals surface area (Å²) in [6.07, 6.45) is 4.35. The molecule has 2 heterocycles. The Bertz CT molecular complexity index is 440. The molecule has 112 valence electrons. The summed E-state index contributed by atoms with van der Waals surface area (Å²) >= 11 is 0. The Hall–Kier alpha value is -0.800. The Morgan fingerprint density at radius 1 is 1.30 bits per heavy atom. The summed E-state index contributed by atoms with van der Waals surface area (Å²) < 4.78 is 6.04. The summed E-state index contributed by atoms with van der Waals surface area (Å²) in [7, 11) is 0. The highest BCUT2D eigenvalue weighted by Crippen LogP contribution is 2.38. The van der Waals surface area contributed by atoms with E-state index < -0.39 is 0 Å². The van der Waals surface area contributed by atoms with Gasteiger partial charge in [-0.3, -0.25) is 4.90 Å². The van der Waals surface area contributed by atoms with Crippen LogP contribution in [-0.4, -0.2) is 24.0 Å². The second-order valence-corrected chi connectivity index (χ2v) is 7.00. The van der Waals surface area contributed by atoms with Gasteiger partial charge in [0.15, 0.2) is 0 Å². The topological polar surface area (TPSA) is 28.4 Å². The van der Waals surface area contributed by atoms with Crippen molar-refractivity contribution in [3.8, 4) is 0 Å². The molecule has 2 unspecified atom stereocenters. The van der Waals surface area contributed by atoms with Crippen molar-refractivity contribution in [1.82, 2.24) is 10.2 Å². The van der Waals surface area contributed by atoms with Gasteiger partial charge in [-0.2, -0.15) is 0 Å². The molecule has 0 spiro atoms. The van der Waals surface area contributed by atoms with Gasteiger partial charge in [-0.05, 0) is 43.2 Å². The third kappa shape index (κ3) is 3.09. The second kappa shape index (κ2) is 5.90. The van der Waals surface area contributed by atoms with E-state index in [1.165, 1.54) is 37.9 Å². The summed E-state index contributed by atoms with van der Waals surface area (Å²) in [4.78, 5) is 2.59. The Kier molecular flexibility index (Phi) is 4.18. The average molecular weight is 276 g/mol. The molecule has 1 aromatic rings. The van der Waals surface area contributed by atoms with Crippen molar-refractivity contribution in [3.63, 3.8) is 0 Å². The average Bonchev–Trinajstić information content (AvgIpc) is 3.02. The molecule has 2 atom stereocenters. The van der Waals surface area contributed by atoms with Gasteiger partial charge in [0.05, 0.1) is 13.1 Å². The van der Waals surface area contributed by atoms with E-state index in [0.29, 0.717) is 6.04 Å². The van der Waals surface area contributed by atoms with Gasteiger partial charge in [0, 0.05) is 19.1 Å². The van der Waals surface area contributed by atoms with Gasteiger partial charge >= 0.3 is 0 Å². The summed E-state index contributed by atoms with van der Waals surface area (Å²) in [6.45, 7) is 10.9. The van der Waals surface area contributed by atoms with Crippen LogP contribution < -0.4 is 5.32 Å². The van der Waals surface area contributed by atoms with Crippen molar-refractivity contribution in [2.24, 2.45) is 11.8 Å². The molecule has 0 bridgehead atoms. The zero-order valence-corrected chi connectivity index (χ0v) is 13.1. The van der Waals surface area contributed by atoms with Gasteiger partial charge in [-0.1, -0.05) is 20.3 Å². The first-order chi connectivity index (χ1) is 9.61. The molecular formula is C17H28N2O. The van der Waals surface area contributed by atoms with Crippen LogP contribution in [0.1, 0.15) is 50.2 Å². The van der Waals surface area contributed by atoms with E-state index >= 15 is 0 Å². The molecule has 1 aliphatic heterocycles. The van der Waals surface area contributed by atoms with Crippen molar-refractivity contribution < 1.29 is 4.42 Å². The molecule has 0 aromatic carbocycles. The van der Waals surface area contributed by atoms with Crippen molar-refractivity contribution in [3.05, 3.63) is 23.2 Å². The van der Waals surface area contributed by atoms with Crippen LogP contribution >= 0.6 is 0 Å². The lowest BCUT2D eigenvalue weighted by Crippen LogP contribution is -2.22. The molecule has 0 amide bonds. The normalized spacial score (nSPS) is 26.6. The molecule has 3 heteroatoms. The SMILES string of the molecule is Cc1cc(CN2CC3CCCC3C2)oc1CNC(C)C. The van der Waals surface area contributed by atoms with Crippen LogP contribution in [0.5, 0.6) is 0 Å². The highest BCUT2D eigenvalue weighted by Gasteiger charge is 2.36. The zero-order valence-electron chi connectivity index (χ0n) is 13.1. The van der Waals surface area contributed by atoms with Crippen molar-refractivity contribution in [2.45, 2.75) is 59.2 Å². The Morgan fingerprint density at radius 2 is 2.00 bits per heavy atom. The molecule has 1 aliphatic carbocycles. The van der Waals surface area contributed by atoms with Crippen LogP contribution in [0.2, 0.25) is 0 Å². The second-order valence-electron chi connectivity index (χ2n) is 7.00. The monoisotopic (exact) mass is 276 g/mol. The first-order valence-corrected chi connectivity index (χ1v) is 8.15. The maximum atomic E-state index is 6.04. The molecule has 2 aliphatic rings. The van der Waals surface area contributed by atoms with E-state index in [4.69, 9.17) is 4.42 Å². The van der Waals surface area contributed by atoms with E-state index in [0.717, 1.165) is 36.4 Å². The first kappa shape index (κ1) is 14.2. The fourth-order valence-corrected chi connectivity index (χ4v) is 3.82. The summed E-state index contributed by atoms with van der Waals surface area (Å²) in [5.74, 6) is 4.18. The minimum atomic E-state index is 0.501. The van der Waals surface area contributed by atoms with Crippen LogP contribution in [0.4, 0.5) is 0 Å². The quantitative estimate of drug-likeness (QED) is 0.894. The van der Waals surface area contributed by atoms with Gasteiger partial charge < -0.3 is 9.73 Å². The maximum Gasteiger partial charge on any atom is 0.120 e. The van der Waals surface area contributed by atoms with Crippen molar-refractivity contribution in [1.29, 1.82) is 0 Å². The van der Waals surface area contributed by atoms with E-state index in [9.17, 15) is 0 Å². The predicted octanol–water partition coefficient (Wildman–Crippen LogP) is 3.32. The van der Waals surface area contributed by atoms with Gasteiger partial charge in [0.1, 0.15) is 11.5 Å². The molecule has 20 heavy (non-hydrogen) atoms. The first-order valence-electron chi connectivity index (χ1n) is 8.15. The summed E-state index contributed by atoms with van der Waals surface area (Å²) in [6, 6.07) is 2.73. The van der Waals surface area contributed by atoms with Crippen molar-refractivity contribution in [2.75, 3.05) is 13.1 Å². The number of fused-ring (bicyclic) bond motifs is 1. The minimum absolute atomic E-state index is 0.501. The lowest BCUT2D eigenvalue weighted by atomic mass is 10.0. The summed E-state index contributed by atoms with van der Waals surface area (Å²) in [5.41, 5.74) is 1.28. The largest absolute Gasteiger partial charge is 0.463 e. The molecule has 3 nitrogen and oxygen atoms in total. The third-order valence-electron chi connectivity index (χ3n) is 4.92. The molecular weight excluding hydrogens is 248 g/mol. The number of furan rings is 1. The standard InChI is InChI=1S/C17H28N2O/c1-12(2)18-8-17-13(3)7-16(20-17)11-19-9-14-5-4-6-15(14)10-19/h7,12,14-15,18H,4-6,8-11H2,1-3H3. The Balaban J connectivity index is 1.57. The number of rotatable bonds is 5. The molecule has 1 N–H and O–H groups in total.